The van der Waals surface area contributed by atoms with E-state index in [1.54, 1.807) is 44.6 Å². The monoisotopic (exact) mass is 397 g/mol. The highest BCUT2D eigenvalue weighted by Crippen LogP contribution is 2.34. The zero-order chi connectivity index (χ0) is 20.2. The van der Waals surface area contributed by atoms with Gasteiger partial charge >= 0.3 is 0 Å². The Balaban J connectivity index is 1.36. The number of nitrogens with one attached hydrogen (secondary N) is 1. The van der Waals surface area contributed by atoms with Crippen LogP contribution in [0.2, 0.25) is 0 Å². The molecule has 0 unspecified atom stereocenters. The van der Waals surface area contributed by atoms with Gasteiger partial charge in [0, 0.05) is 30.2 Å². The average molecular weight is 397 g/mol. The van der Waals surface area contributed by atoms with Gasteiger partial charge in [-0.1, -0.05) is 5.16 Å². The van der Waals surface area contributed by atoms with Crippen LogP contribution in [-0.2, 0) is 11.2 Å². The number of aryl methyl sites for hydroxylation is 1. The number of hydrogen-bond acceptors (Lipinski definition) is 8. The van der Waals surface area contributed by atoms with Gasteiger partial charge in [0.15, 0.2) is 23.0 Å². The SMILES string of the molecule is COc1ccc(-c2noc(CCC(=O)Nc3ccc4c(c3)OCO4)n2)cc1OC. The number of hydrogen-bond donors (Lipinski definition) is 1. The van der Waals surface area contributed by atoms with E-state index < -0.39 is 0 Å². The maximum atomic E-state index is 12.2. The Bertz CT molecular complexity index is 1030. The highest BCUT2D eigenvalue weighted by molar-refractivity contribution is 5.91. The molecule has 0 bridgehead atoms. The summed E-state index contributed by atoms with van der Waals surface area (Å²) in [4.78, 5) is 16.6. The van der Waals surface area contributed by atoms with Crippen LogP contribution in [0.25, 0.3) is 11.4 Å². The molecule has 0 atom stereocenters. The number of methoxy groups -OCH3 is 2. The van der Waals surface area contributed by atoms with Crippen molar-refractivity contribution in [3.8, 4) is 34.4 Å². The van der Waals surface area contributed by atoms with Crippen molar-refractivity contribution in [1.82, 2.24) is 10.1 Å². The number of anilines is 1. The molecule has 150 valence electrons. The van der Waals surface area contributed by atoms with Crippen molar-refractivity contribution in [2.24, 2.45) is 0 Å². The Morgan fingerprint density at radius 3 is 2.72 bits per heavy atom. The van der Waals surface area contributed by atoms with Crippen LogP contribution < -0.4 is 24.3 Å². The second kappa shape index (κ2) is 8.09. The first-order valence-electron chi connectivity index (χ1n) is 8.91. The van der Waals surface area contributed by atoms with Gasteiger partial charge in [-0.3, -0.25) is 4.79 Å². The molecule has 0 fully saturated rings. The fraction of sp³-hybridized carbons (Fsp3) is 0.250. The van der Waals surface area contributed by atoms with Crippen molar-refractivity contribution in [2.45, 2.75) is 12.8 Å². The molecule has 0 radical (unpaired) electrons. The van der Waals surface area contributed by atoms with Crippen molar-refractivity contribution < 1.29 is 28.3 Å². The van der Waals surface area contributed by atoms with Crippen LogP contribution in [0.5, 0.6) is 23.0 Å². The molecule has 3 aromatic rings. The molecule has 4 rings (SSSR count). The summed E-state index contributed by atoms with van der Waals surface area (Å²) in [6.45, 7) is 0.187. The van der Waals surface area contributed by atoms with Gasteiger partial charge in [-0.2, -0.15) is 4.98 Å². The third-order valence-electron chi connectivity index (χ3n) is 4.33. The van der Waals surface area contributed by atoms with E-state index in [9.17, 15) is 4.79 Å². The van der Waals surface area contributed by atoms with Gasteiger partial charge in [0.2, 0.25) is 24.4 Å². The summed E-state index contributed by atoms with van der Waals surface area (Å²) in [7, 11) is 3.13. The quantitative estimate of drug-likeness (QED) is 0.649. The van der Waals surface area contributed by atoms with Crippen LogP contribution in [0.1, 0.15) is 12.3 Å². The number of benzene rings is 2. The lowest BCUT2D eigenvalue weighted by Gasteiger charge is -2.07. The minimum atomic E-state index is -0.172. The second-order valence-corrected chi connectivity index (χ2v) is 6.20. The number of aromatic nitrogens is 2. The summed E-state index contributed by atoms with van der Waals surface area (Å²) < 4.78 is 26.3. The fourth-order valence-electron chi connectivity index (χ4n) is 2.87. The summed E-state index contributed by atoms with van der Waals surface area (Å²) in [6, 6.07) is 10.6. The Kier molecular flexibility index (Phi) is 5.19. The summed E-state index contributed by atoms with van der Waals surface area (Å²) in [5.74, 6) is 3.07. The summed E-state index contributed by atoms with van der Waals surface area (Å²) in [5, 5.41) is 6.79. The van der Waals surface area contributed by atoms with E-state index in [2.05, 4.69) is 15.5 Å². The number of carbonyl (C=O) groups excluding carboxylic acids is 1. The van der Waals surface area contributed by atoms with Gasteiger partial charge in [0.25, 0.3) is 0 Å². The Morgan fingerprint density at radius 2 is 1.90 bits per heavy atom. The Morgan fingerprint density at radius 1 is 1.07 bits per heavy atom. The Labute approximate surface area is 166 Å². The largest absolute Gasteiger partial charge is 0.493 e. The summed E-state index contributed by atoms with van der Waals surface area (Å²) >= 11 is 0. The second-order valence-electron chi connectivity index (χ2n) is 6.20. The third-order valence-corrected chi connectivity index (χ3v) is 4.33. The van der Waals surface area contributed by atoms with E-state index in [0.717, 1.165) is 5.56 Å². The molecule has 1 aliphatic heterocycles. The number of fused-ring (bicyclic) bond motifs is 1. The van der Waals surface area contributed by atoms with Crippen LogP contribution >= 0.6 is 0 Å². The van der Waals surface area contributed by atoms with Gasteiger partial charge in [-0.05, 0) is 30.3 Å². The number of amides is 1. The molecule has 0 saturated carbocycles. The number of ether oxygens (including phenoxy) is 4. The van der Waals surface area contributed by atoms with Crippen molar-refractivity contribution in [1.29, 1.82) is 0 Å². The standard InChI is InChI=1S/C20H19N3O6/c1-25-14-5-3-12(9-16(14)26-2)20-22-19(29-23-20)8-7-18(24)21-13-4-6-15-17(10-13)28-11-27-15/h3-6,9-10H,7-8,11H2,1-2H3,(H,21,24). The first kappa shape index (κ1) is 18.6. The van der Waals surface area contributed by atoms with E-state index in [1.165, 1.54) is 0 Å². The molecule has 1 N–H and O–H groups in total. The normalized spacial score (nSPS) is 11.9. The zero-order valence-electron chi connectivity index (χ0n) is 15.9. The molecule has 9 nitrogen and oxygen atoms in total. The molecular formula is C20H19N3O6. The smallest absolute Gasteiger partial charge is 0.231 e. The first-order valence-corrected chi connectivity index (χ1v) is 8.91. The minimum absolute atomic E-state index is 0.172. The molecule has 1 amide bonds. The lowest BCUT2D eigenvalue weighted by molar-refractivity contribution is -0.116. The van der Waals surface area contributed by atoms with Crippen LogP contribution in [0.15, 0.2) is 40.9 Å². The van der Waals surface area contributed by atoms with E-state index in [-0.39, 0.29) is 19.1 Å². The van der Waals surface area contributed by atoms with Gasteiger partial charge in [0.05, 0.1) is 14.2 Å². The molecule has 0 aliphatic carbocycles. The average Bonchev–Trinajstić information content (AvgIpc) is 3.41. The topological polar surface area (TPSA) is 105 Å². The van der Waals surface area contributed by atoms with E-state index in [1.807, 2.05) is 6.07 Å². The van der Waals surface area contributed by atoms with Gasteiger partial charge in [0.1, 0.15) is 0 Å². The highest BCUT2D eigenvalue weighted by atomic mass is 16.7. The first-order chi connectivity index (χ1) is 14.2. The lowest BCUT2D eigenvalue weighted by atomic mass is 10.2. The maximum absolute atomic E-state index is 12.2. The van der Waals surface area contributed by atoms with E-state index in [4.69, 9.17) is 23.5 Å². The molecule has 0 spiro atoms. The van der Waals surface area contributed by atoms with Crippen LogP contribution in [0.4, 0.5) is 5.69 Å². The predicted molar refractivity (Wildman–Crippen MR) is 102 cm³/mol. The lowest BCUT2D eigenvalue weighted by Crippen LogP contribution is -2.12. The van der Waals surface area contributed by atoms with E-state index >= 15 is 0 Å². The van der Waals surface area contributed by atoms with Crippen molar-refractivity contribution in [2.75, 3.05) is 26.3 Å². The van der Waals surface area contributed by atoms with Crippen LogP contribution in [-0.4, -0.2) is 37.1 Å². The van der Waals surface area contributed by atoms with Crippen molar-refractivity contribution in [3.63, 3.8) is 0 Å². The van der Waals surface area contributed by atoms with Crippen molar-refractivity contribution >= 4 is 11.6 Å². The highest BCUT2D eigenvalue weighted by Gasteiger charge is 2.16. The summed E-state index contributed by atoms with van der Waals surface area (Å²) in [6.07, 6.45) is 0.513. The molecule has 1 aromatic heterocycles. The molecule has 9 heteroatoms. The van der Waals surface area contributed by atoms with Crippen LogP contribution in [0, 0.1) is 0 Å². The van der Waals surface area contributed by atoms with Gasteiger partial charge < -0.3 is 28.8 Å². The number of nitrogens with zero attached hydrogens (tertiary/aromatic N) is 2. The molecule has 2 aromatic carbocycles. The number of rotatable bonds is 7. The maximum Gasteiger partial charge on any atom is 0.231 e. The molecule has 1 aliphatic rings. The zero-order valence-corrected chi connectivity index (χ0v) is 15.9. The molecule has 2 heterocycles. The van der Waals surface area contributed by atoms with Gasteiger partial charge in [-0.15, -0.1) is 0 Å². The fourth-order valence-corrected chi connectivity index (χ4v) is 2.87. The van der Waals surface area contributed by atoms with Gasteiger partial charge in [-0.25, -0.2) is 0 Å². The molecule has 29 heavy (non-hydrogen) atoms. The summed E-state index contributed by atoms with van der Waals surface area (Å²) in [5.41, 5.74) is 1.36. The number of carbonyl (C=O) groups is 1. The Hall–Kier alpha value is -3.75. The minimum Gasteiger partial charge on any atom is -0.493 e. The van der Waals surface area contributed by atoms with Crippen LogP contribution in [0.3, 0.4) is 0 Å². The van der Waals surface area contributed by atoms with Crippen molar-refractivity contribution in [3.05, 3.63) is 42.3 Å². The third kappa shape index (κ3) is 4.08. The predicted octanol–water partition coefficient (Wildman–Crippen LogP) is 3.05. The molecular weight excluding hydrogens is 378 g/mol. The van der Waals surface area contributed by atoms with E-state index in [0.29, 0.717) is 46.8 Å². The molecule has 0 saturated heterocycles.